The van der Waals surface area contributed by atoms with Gasteiger partial charge in [-0.25, -0.2) is 9.37 Å². The SMILES string of the molecule is CNC(c1ccc(C)c(F)c1)c1nc(C)c(C)s1. The zero-order valence-corrected chi connectivity index (χ0v) is 11.9. The van der Waals surface area contributed by atoms with Crippen LogP contribution in [0.2, 0.25) is 0 Å². The molecule has 2 aromatic rings. The maximum Gasteiger partial charge on any atom is 0.126 e. The Kier molecular flexibility index (Phi) is 3.78. The van der Waals surface area contributed by atoms with Gasteiger partial charge in [0.05, 0.1) is 11.7 Å². The fourth-order valence-corrected chi connectivity index (χ4v) is 2.90. The third kappa shape index (κ3) is 2.44. The van der Waals surface area contributed by atoms with Crippen molar-refractivity contribution in [3.05, 3.63) is 50.7 Å². The molecule has 1 aromatic carbocycles. The molecule has 96 valence electrons. The van der Waals surface area contributed by atoms with E-state index >= 15 is 0 Å². The average molecular weight is 264 g/mol. The Balaban J connectivity index is 2.41. The van der Waals surface area contributed by atoms with Gasteiger partial charge >= 0.3 is 0 Å². The zero-order valence-electron chi connectivity index (χ0n) is 11.0. The van der Waals surface area contributed by atoms with E-state index in [1.54, 1.807) is 24.3 Å². The normalized spacial score (nSPS) is 12.7. The van der Waals surface area contributed by atoms with E-state index < -0.39 is 0 Å². The molecule has 0 bridgehead atoms. The van der Waals surface area contributed by atoms with Crippen LogP contribution in [0.4, 0.5) is 4.39 Å². The predicted octanol–water partition coefficient (Wildman–Crippen LogP) is 3.52. The minimum absolute atomic E-state index is 0.0440. The fraction of sp³-hybridized carbons (Fsp3) is 0.357. The van der Waals surface area contributed by atoms with Crippen molar-refractivity contribution in [3.8, 4) is 0 Å². The summed E-state index contributed by atoms with van der Waals surface area (Å²) in [7, 11) is 1.87. The quantitative estimate of drug-likeness (QED) is 0.917. The molecule has 1 unspecified atom stereocenters. The minimum Gasteiger partial charge on any atom is -0.307 e. The molecule has 2 rings (SSSR count). The lowest BCUT2D eigenvalue weighted by molar-refractivity contribution is 0.607. The minimum atomic E-state index is -0.169. The van der Waals surface area contributed by atoms with Gasteiger partial charge in [-0.1, -0.05) is 12.1 Å². The van der Waals surface area contributed by atoms with Crippen molar-refractivity contribution >= 4 is 11.3 Å². The molecule has 0 saturated heterocycles. The zero-order chi connectivity index (χ0) is 13.3. The van der Waals surface area contributed by atoms with Crippen molar-refractivity contribution in [1.29, 1.82) is 0 Å². The second-order valence-electron chi connectivity index (χ2n) is 4.42. The molecule has 0 amide bonds. The van der Waals surface area contributed by atoms with Crippen LogP contribution < -0.4 is 5.32 Å². The first kappa shape index (κ1) is 13.2. The molecule has 0 fully saturated rings. The molecule has 18 heavy (non-hydrogen) atoms. The van der Waals surface area contributed by atoms with Crippen molar-refractivity contribution < 1.29 is 4.39 Å². The van der Waals surface area contributed by atoms with Crippen molar-refractivity contribution in [2.75, 3.05) is 7.05 Å². The fourth-order valence-electron chi connectivity index (χ4n) is 1.84. The van der Waals surface area contributed by atoms with Crippen LogP contribution in [0.1, 0.15) is 32.7 Å². The summed E-state index contributed by atoms with van der Waals surface area (Å²) >= 11 is 1.66. The molecular weight excluding hydrogens is 247 g/mol. The van der Waals surface area contributed by atoms with E-state index in [1.807, 2.05) is 26.1 Å². The highest BCUT2D eigenvalue weighted by Crippen LogP contribution is 2.28. The number of nitrogens with one attached hydrogen (secondary N) is 1. The van der Waals surface area contributed by atoms with Gasteiger partial charge in [0.1, 0.15) is 10.8 Å². The number of nitrogens with zero attached hydrogens (tertiary/aromatic N) is 1. The van der Waals surface area contributed by atoms with E-state index in [9.17, 15) is 4.39 Å². The molecule has 1 N–H and O–H groups in total. The number of hydrogen-bond donors (Lipinski definition) is 1. The largest absolute Gasteiger partial charge is 0.307 e. The number of hydrogen-bond acceptors (Lipinski definition) is 3. The van der Waals surface area contributed by atoms with Gasteiger partial charge in [0.25, 0.3) is 0 Å². The first-order valence-corrected chi connectivity index (χ1v) is 6.71. The Morgan fingerprint density at radius 1 is 1.28 bits per heavy atom. The lowest BCUT2D eigenvalue weighted by Gasteiger charge is -2.14. The molecule has 1 aromatic heterocycles. The molecule has 4 heteroatoms. The molecule has 0 spiro atoms. The average Bonchev–Trinajstić information content (AvgIpc) is 2.65. The Morgan fingerprint density at radius 3 is 2.50 bits per heavy atom. The summed E-state index contributed by atoms with van der Waals surface area (Å²) in [4.78, 5) is 5.75. The van der Waals surface area contributed by atoms with Crippen LogP contribution in [-0.4, -0.2) is 12.0 Å². The highest BCUT2D eigenvalue weighted by atomic mass is 32.1. The summed E-state index contributed by atoms with van der Waals surface area (Å²) in [6.45, 7) is 5.82. The first-order chi connectivity index (χ1) is 8.52. The molecule has 0 radical (unpaired) electrons. The summed E-state index contributed by atoms with van der Waals surface area (Å²) in [5.74, 6) is -0.169. The Bertz CT molecular complexity index is 543. The number of halogens is 1. The van der Waals surface area contributed by atoms with Crippen LogP contribution >= 0.6 is 11.3 Å². The first-order valence-electron chi connectivity index (χ1n) is 5.90. The molecule has 0 saturated carbocycles. The number of benzene rings is 1. The number of rotatable bonds is 3. The topological polar surface area (TPSA) is 24.9 Å². The van der Waals surface area contributed by atoms with E-state index in [0.717, 1.165) is 16.3 Å². The smallest absolute Gasteiger partial charge is 0.126 e. The van der Waals surface area contributed by atoms with E-state index in [1.165, 1.54) is 4.88 Å². The molecule has 1 atom stereocenters. The summed E-state index contributed by atoms with van der Waals surface area (Å²) < 4.78 is 13.6. The van der Waals surface area contributed by atoms with Crippen molar-refractivity contribution in [3.63, 3.8) is 0 Å². The molecule has 0 aliphatic carbocycles. The maximum absolute atomic E-state index is 13.6. The molecule has 0 aliphatic rings. The van der Waals surface area contributed by atoms with Gasteiger partial charge in [-0.05, 0) is 45.0 Å². The Hall–Kier alpha value is -1.26. The van der Waals surface area contributed by atoms with E-state index in [-0.39, 0.29) is 11.9 Å². The lowest BCUT2D eigenvalue weighted by atomic mass is 10.1. The monoisotopic (exact) mass is 264 g/mol. The van der Waals surface area contributed by atoms with Gasteiger partial charge in [0.15, 0.2) is 0 Å². The van der Waals surface area contributed by atoms with Crippen molar-refractivity contribution in [2.24, 2.45) is 0 Å². The number of aryl methyl sites for hydroxylation is 3. The molecular formula is C14H17FN2S. The summed E-state index contributed by atoms with van der Waals surface area (Å²) in [5.41, 5.74) is 2.62. The second-order valence-corrected chi connectivity index (χ2v) is 5.66. The van der Waals surface area contributed by atoms with Gasteiger partial charge in [-0.2, -0.15) is 0 Å². The van der Waals surface area contributed by atoms with Crippen molar-refractivity contribution in [1.82, 2.24) is 10.3 Å². The Labute approximate surface area is 111 Å². The Morgan fingerprint density at radius 2 is 2.00 bits per heavy atom. The summed E-state index contributed by atoms with van der Waals surface area (Å²) in [5, 5.41) is 4.19. The van der Waals surface area contributed by atoms with Crippen LogP contribution in [0.15, 0.2) is 18.2 Å². The van der Waals surface area contributed by atoms with Gasteiger partial charge < -0.3 is 5.32 Å². The van der Waals surface area contributed by atoms with Crippen molar-refractivity contribution in [2.45, 2.75) is 26.8 Å². The highest BCUT2D eigenvalue weighted by Gasteiger charge is 2.17. The maximum atomic E-state index is 13.6. The highest BCUT2D eigenvalue weighted by molar-refractivity contribution is 7.11. The van der Waals surface area contributed by atoms with Gasteiger partial charge in [0, 0.05) is 4.88 Å². The van der Waals surface area contributed by atoms with E-state index in [4.69, 9.17) is 0 Å². The van der Waals surface area contributed by atoms with Crippen LogP contribution in [0.3, 0.4) is 0 Å². The third-order valence-corrected chi connectivity index (χ3v) is 4.25. The molecule has 0 aliphatic heterocycles. The van der Waals surface area contributed by atoms with Crippen LogP contribution in [0.5, 0.6) is 0 Å². The van der Waals surface area contributed by atoms with E-state index in [0.29, 0.717) is 5.56 Å². The molecule has 1 heterocycles. The summed E-state index contributed by atoms with van der Waals surface area (Å²) in [6.07, 6.45) is 0. The second kappa shape index (κ2) is 5.16. The van der Waals surface area contributed by atoms with E-state index in [2.05, 4.69) is 17.2 Å². The third-order valence-electron chi connectivity index (χ3n) is 3.11. The lowest BCUT2D eigenvalue weighted by Crippen LogP contribution is -2.17. The van der Waals surface area contributed by atoms with Crippen LogP contribution in [-0.2, 0) is 0 Å². The van der Waals surface area contributed by atoms with Gasteiger partial charge in [-0.15, -0.1) is 11.3 Å². The van der Waals surface area contributed by atoms with Crippen LogP contribution in [0, 0.1) is 26.6 Å². The summed E-state index contributed by atoms with van der Waals surface area (Å²) in [6, 6.07) is 5.30. The standard InChI is InChI=1S/C14H17FN2S/c1-8-5-6-11(7-12(8)15)13(16-4)14-17-9(2)10(3)18-14/h5-7,13,16H,1-4H3. The number of aromatic nitrogens is 1. The predicted molar refractivity (Wildman–Crippen MR) is 73.6 cm³/mol. The molecule has 2 nitrogen and oxygen atoms in total. The van der Waals surface area contributed by atoms with Gasteiger partial charge in [-0.3, -0.25) is 0 Å². The van der Waals surface area contributed by atoms with Gasteiger partial charge in [0.2, 0.25) is 0 Å². The van der Waals surface area contributed by atoms with Crippen LogP contribution in [0.25, 0.3) is 0 Å². The number of thiazole rings is 1.